The van der Waals surface area contributed by atoms with Crippen LogP contribution in [0.3, 0.4) is 0 Å². The van der Waals surface area contributed by atoms with E-state index in [-0.39, 0.29) is 29.5 Å². The molecular weight excluding hydrogens is 395 g/mol. The molecule has 3 aromatic rings. The van der Waals surface area contributed by atoms with Crippen LogP contribution in [-0.4, -0.2) is 40.5 Å². The number of nitrogens with two attached hydrogens (primary N) is 1. The monoisotopic (exact) mass is 415 g/mol. The third-order valence-electron chi connectivity index (χ3n) is 5.08. The summed E-state index contributed by atoms with van der Waals surface area (Å²) >= 11 is 0. The number of carbonyl (C=O) groups is 1. The SMILES string of the molecule is CN1CC(CC(F)(F)F)c2[nH]c(-c3ccnc(N)c3)c(Nc3ccccc3)c2C1=O. The normalized spacial score (nSPS) is 16.5. The summed E-state index contributed by atoms with van der Waals surface area (Å²) < 4.78 is 39.7. The van der Waals surface area contributed by atoms with Gasteiger partial charge in [-0.15, -0.1) is 0 Å². The topological polar surface area (TPSA) is 87.0 Å². The number of H-pyrrole nitrogens is 1. The van der Waals surface area contributed by atoms with Crippen LogP contribution in [0.15, 0.2) is 48.7 Å². The van der Waals surface area contributed by atoms with Gasteiger partial charge in [0.1, 0.15) is 5.82 Å². The van der Waals surface area contributed by atoms with Gasteiger partial charge in [-0.05, 0) is 24.3 Å². The Bertz CT molecular complexity index is 1080. The molecule has 9 heteroatoms. The zero-order chi connectivity index (χ0) is 21.5. The zero-order valence-electron chi connectivity index (χ0n) is 16.1. The quantitative estimate of drug-likeness (QED) is 0.585. The summed E-state index contributed by atoms with van der Waals surface area (Å²) in [5, 5.41) is 3.21. The van der Waals surface area contributed by atoms with Crippen molar-refractivity contribution in [3.63, 3.8) is 0 Å². The Labute approximate surface area is 170 Å². The molecule has 3 heterocycles. The van der Waals surface area contributed by atoms with Gasteiger partial charge in [0.15, 0.2) is 0 Å². The average Bonchev–Trinajstić information content (AvgIpc) is 3.05. The maximum atomic E-state index is 13.2. The number of hydrogen-bond acceptors (Lipinski definition) is 4. The van der Waals surface area contributed by atoms with Gasteiger partial charge in [-0.2, -0.15) is 13.2 Å². The first-order valence-electron chi connectivity index (χ1n) is 9.35. The van der Waals surface area contributed by atoms with E-state index < -0.39 is 18.5 Å². The summed E-state index contributed by atoms with van der Waals surface area (Å²) in [7, 11) is 1.51. The lowest BCUT2D eigenvalue weighted by molar-refractivity contribution is -0.139. The van der Waals surface area contributed by atoms with Crippen LogP contribution in [0.1, 0.15) is 28.4 Å². The van der Waals surface area contributed by atoms with E-state index in [2.05, 4.69) is 15.3 Å². The van der Waals surface area contributed by atoms with Crippen molar-refractivity contribution in [1.82, 2.24) is 14.9 Å². The van der Waals surface area contributed by atoms with Gasteiger partial charge in [0.25, 0.3) is 5.91 Å². The molecule has 0 radical (unpaired) electrons. The van der Waals surface area contributed by atoms with Gasteiger partial charge >= 0.3 is 6.18 Å². The van der Waals surface area contributed by atoms with Gasteiger partial charge in [0, 0.05) is 42.7 Å². The van der Waals surface area contributed by atoms with Crippen molar-refractivity contribution >= 4 is 23.1 Å². The Morgan fingerprint density at radius 2 is 2.00 bits per heavy atom. The molecule has 0 fully saturated rings. The molecule has 1 atom stereocenters. The molecule has 6 nitrogen and oxygen atoms in total. The first-order chi connectivity index (χ1) is 14.2. The molecule has 4 N–H and O–H groups in total. The standard InChI is InChI=1S/C21H20F3N5O/c1-29-11-13(10-21(22,23)24)17-16(20(29)30)19(27-14-5-3-2-4-6-14)18(28-17)12-7-8-26-15(25)9-12/h2-9,13,27-28H,10-11H2,1H3,(H2,25,26). The number of anilines is 3. The zero-order valence-corrected chi connectivity index (χ0v) is 16.1. The van der Waals surface area contributed by atoms with Crippen LogP contribution in [0.25, 0.3) is 11.3 Å². The van der Waals surface area contributed by atoms with Crippen LogP contribution in [0.2, 0.25) is 0 Å². The number of amides is 1. The van der Waals surface area contributed by atoms with Crippen molar-refractivity contribution in [1.29, 1.82) is 0 Å². The summed E-state index contributed by atoms with van der Waals surface area (Å²) in [6.07, 6.45) is -3.87. The number of para-hydroxylation sites is 1. The molecule has 2 aromatic heterocycles. The maximum absolute atomic E-state index is 13.2. The predicted octanol–water partition coefficient (Wildman–Crippen LogP) is 4.52. The number of aromatic amines is 1. The average molecular weight is 415 g/mol. The number of pyridine rings is 1. The highest BCUT2D eigenvalue weighted by Crippen LogP contribution is 2.44. The second kappa shape index (κ2) is 7.40. The van der Waals surface area contributed by atoms with Crippen LogP contribution in [0.4, 0.5) is 30.4 Å². The minimum Gasteiger partial charge on any atom is -0.384 e. The van der Waals surface area contributed by atoms with Gasteiger partial charge in [0.2, 0.25) is 0 Å². The van der Waals surface area contributed by atoms with Crippen LogP contribution in [0, 0.1) is 0 Å². The number of rotatable bonds is 4. The van der Waals surface area contributed by atoms with Crippen molar-refractivity contribution in [2.75, 3.05) is 24.6 Å². The molecule has 1 amide bonds. The number of likely N-dealkylation sites (N-methyl/N-ethyl adjacent to an activating group) is 1. The Hall–Kier alpha value is -3.49. The third-order valence-corrected chi connectivity index (χ3v) is 5.08. The lowest BCUT2D eigenvalue weighted by Gasteiger charge is -2.30. The van der Waals surface area contributed by atoms with Gasteiger partial charge in [-0.3, -0.25) is 4.79 Å². The number of nitrogens with zero attached hydrogens (tertiary/aromatic N) is 2. The molecule has 0 bridgehead atoms. The van der Waals surface area contributed by atoms with Gasteiger partial charge < -0.3 is 20.9 Å². The van der Waals surface area contributed by atoms with E-state index in [1.165, 1.54) is 18.1 Å². The summed E-state index contributed by atoms with van der Waals surface area (Å²) in [5.74, 6) is -0.973. The van der Waals surface area contributed by atoms with Crippen molar-refractivity contribution < 1.29 is 18.0 Å². The highest BCUT2D eigenvalue weighted by Gasteiger charge is 2.41. The fourth-order valence-corrected chi connectivity index (χ4v) is 3.80. The number of carbonyl (C=O) groups excluding carboxylic acids is 1. The van der Waals surface area contributed by atoms with Crippen LogP contribution in [0.5, 0.6) is 0 Å². The fraction of sp³-hybridized carbons (Fsp3) is 0.238. The summed E-state index contributed by atoms with van der Waals surface area (Å²) in [6, 6.07) is 12.4. The largest absolute Gasteiger partial charge is 0.389 e. The van der Waals surface area contributed by atoms with Crippen LogP contribution < -0.4 is 11.1 Å². The molecule has 1 unspecified atom stereocenters. The Balaban J connectivity index is 1.91. The molecule has 1 aromatic carbocycles. The number of fused-ring (bicyclic) bond motifs is 1. The van der Waals surface area contributed by atoms with Crippen molar-refractivity contribution in [3.8, 4) is 11.3 Å². The summed E-state index contributed by atoms with van der Waals surface area (Å²) in [5.41, 5.74) is 8.55. The van der Waals surface area contributed by atoms with E-state index in [9.17, 15) is 18.0 Å². The minimum atomic E-state index is -4.36. The Morgan fingerprint density at radius 1 is 1.27 bits per heavy atom. The summed E-state index contributed by atoms with van der Waals surface area (Å²) in [6.45, 7) is -0.0193. The predicted molar refractivity (Wildman–Crippen MR) is 109 cm³/mol. The lowest BCUT2D eigenvalue weighted by atomic mass is 9.92. The minimum absolute atomic E-state index is 0.0193. The first-order valence-corrected chi connectivity index (χ1v) is 9.35. The van der Waals surface area contributed by atoms with E-state index in [1.54, 1.807) is 12.1 Å². The first kappa shape index (κ1) is 19.8. The second-order valence-corrected chi connectivity index (χ2v) is 7.33. The van der Waals surface area contributed by atoms with Gasteiger partial charge in [-0.25, -0.2) is 4.98 Å². The molecule has 0 spiro atoms. The number of alkyl halides is 3. The molecule has 156 valence electrons. The molecule has 0 aliphatic carbocycles. The number of benzene rings is 1. The molecule has 0 saturated carbocycles. The molecule has 0 saturated heterocycles. The number of aromatic nitrogens is 2. The third kappa shape index (κ3) is 3.83. The number of nitrogen functional groups attached to an aromatic ring is 1. The second-order valence-electron chi connectivity index (χ2n) is 7.33. The number of halogens is 3. The van der Waals surface area contributed by atoms with E-state index in [0.29, 0.717) is 22.6 Å². The van der Waals surface area contributed by atoms with Crippen molar-refractivity contribution in [3.05, 3.63) is 59.9 Å². The highest BCUT2D eigenvalue weighted by atomic mass is 19.4. The van der Waals surface area contributed by atoms with E-state index in [1.807, 2.05) is 30.3 Å². The Morgan fingerprint density at radius 3 is 2.67 bits per heavy atom. The number of hydrogen-bond donors (Lipinski definition) is 3. The lowest BCUT2D eigenvalue weighted by Crippen LogP contribution is -2.38. The van der Waals surface area contributed by atoms with Crippen LogP contribution >= 0.6 is 0 Å². The Kier molecular flexibility index (Phi) is 4.89. The van der Waals surface area contributed by atoms with Crippen molar-refractivity contribution in [2.45, 2.75) is 18.5 Å². The molecular formula is C21H20F3N5O. The van der Waals surface area contributed by atoms with E-state index >= 15 is 0 Å². The van der Waals surface area contributed by atoms with E-state index in [0.717, 1.165) is 0 Å². The molecule has 4 rings (SSSR count). The van der Waals surface area contributed by atoms with Crippen LogP contribution in [-0.2, 0) is 0 Å². The van der Waals surface area contributed by atoms with Gasteiger partial charge in [0.05, 0.1) is 23.4 Å². The fourth-order valence-electron chi connectivity index (χ4n) is 3.80. The summed E-state index contributed by atoms with van der Waals surface area (Å²) in [4.78, 5) is 21.4. The number of nitrogens with one attached hydrogen (secondary N) is 2. The van der Waals surface area contributed by atoms with Crippen molar-refractivity contribution in [2.24, 2.45) is 0 Å². The highest BCUT2D eigenvalue weighted by molar-refractivity contribution is 6.06. The molecule has 1 aliphatic heterocycles. The maximum Gasteiger partial charge on any atom is 0.389 e. The molecule has 30 heavy (non-hydrogen) atoms. The van der Waals surface area contributed by atoms with Gasteiger partial charge in [-0.1, -0.05) is 18.2 Å². The molecule has 1 aliphatic rings. The smallest absolute Gasteiger partial charge is 0.384 e. The van der Waals surface area contributed by atoms with E-state index in [4.69, 9.17) is 5.73 Å².